The second kappa shape index (κ2) is 6.74. The van der Waals surface area contributed by atoms with Crippen molar-refractivity contribution in [1.82, 2.24) is 10.2 Å². The number of hydrogen-bond acceptors (Lipinski definition) is 2. The van der Waals surface area contributed by atoms with Gasteiger partial charge in [0.2, 0.25) is 0 Å². The van der Waals surface area contributed by atoms with Crippen LogP contribution in [0.1, 0.15) is 38.7 Å². The molecule has 2 aliphatic rings. The Morgan fingerprint density at radius 2 is 1.82 bits per heavy atom. The van der Waals surface area contributed by atoms with Crippen molar-refractivity contribution in [3.05, 3.63) is 40.4 Å². The third-order valence-corrected chi connectivity index (χ3v) is 5.25. The molecule has 1 aliphatic heterocycles. The van der Waals surface area contributed by atoms with Crippen LogP contribution in [0.4, 0.5) is 0 Å². The molecule has 1 saturated heterocycles. The molecule has 0 bridgehead atoms. The van der Waals surface area contributed by atoms with Crippen LogP contribution >= 0.6 is 11.6 Å². The minimum absolute atomic E-state index is 0.405. The third kappa shape index (κ3) is 3.92. The largest absolute Gasteiger partial charge is 0.314 e. The summed E-state index contributed by atoms with van der Waals surface area (Å²) in [7, 11) is 0. The summed E-state index contributed by atoms with van der Waals surface area (Å²) in [6.45, 7) is 10.5. The first-order chi connectivity index (χ1) is 10.5. The summed E-state index contributed by atoms with van der Waals surface area (Å²) in [6.07, 6.45) is 3.70. The number of nitrogens with zero attached hydrogens (tertiary/aromatic N) is 1. The van der Waals surface area contributed by atoms with Crippen LogP contribution < -0.4 is 5.32 Å². The van der Waals surface area contributed by atoms with E-state index in [4.69, 9.17) is 11.6 Å². The molecular formula is C19H27ClN2. The van der Waals surface area contributed by atoms with Crippen LogP contribution in [0.15, 0.2) is 29.8 Å². The van der Waals surface area contributed by atoms with E-state index in [1.165, 1.54) is 37.9 Å². The minimum Gasteiger partial charge on any atom is -0.314 e. The Bertz CT molecular complexity index is 539. The molecule has 2 nitrogen and oxygen atoms in total. The zero-order valence-corrected chi connectivity index (χ0v) is 14.5. The molecule has 1 aromatic rings. The molecule has 22 heavy (non-hydrogen) atoms. The van der Waals surface area contributed by atoms with Gasteiger partial charge in [-0.05, 0) is 47.9 Å². The predicted molar refractivity (Wildman–Crippen MR) is 95.3 cm³/mol. The number of allylic oxidation sites excluding steroid dienone is 1. The smallest absolute Gasteiger partial charge is 0.0406 e. The number of nitrogens with one attached hydrogen (secondary N) is 1. The molecule has 0 amide bonds. The third-order valence-electron chi connectivity index (χ3n) is 5.00. The maximum Gasteiger partial charge on any atom is 0.0406 e. The molecule has 3 rings (SSSR count). The second-order valence-corrected chi connectivity index (χ2v) is 7.89. The zero-order chi connectivity index (χ0) is 15.6. The van der Waals surface area contributed by atoms with Crippen molar-refractivity contribution in [2.24, 2.45) is 5.41 Å². The highest BCUT2D eigenvalue weighted by Crippen LogP contribution is 2.43. The highest BCUT2D eigenvalue weighted by Gasteiger charge is 2.28. The van der Waals surface area contributed by atoms with Gasteiger partial charge in [0.05, 0.1) is 0 Å². The van der Waals surface area contributed by atoms with Gasteiger partial charge in [-0.15, -0.1) is 0 Å². The Labute approximate surface area is 139 Å². The first-order valence-corrected chi connectivity index (χ1v) is 8.81. The summed E-state index contributed by atoms with van der Waals surface area (Å²) in [5.74, 6) is 0. The summed E-state index contributed by atoms with van der Waals surface area (Å²) < 4.78 is 0. The van der Waals surface area contributed by atoms with E-state index in [0.717, 1.165) is 24.7 Å². The predicted octanol–water partition coefficient (Wildman–Crippen LogP) is 4.21. The normalized spacial score (nSPS) is 22.9. The second-order valence-electron chi connectivity index (χ2n) is 7.46. The topological polar surface area (TPSA) is 15.3 Å². The number of halogens is 1. The van der Waals surface area contributed by atoms with Crippen LogP contribution in [0, 0.1) is 5.41 Å². The lowest BCUT2D eigenvalue weighted by atomic mass is 9.72. The van der Waals surface area contributed by atoms with E-state index < -0.39 is 0 Å². The lowest BCUT2D eigenvalue weighted by molar-refractivity contribution is 0.249. The van der Waals surface area contributed by atoms with Gasteiger partial charge in [0.1, 0.15) is 0 Å². The average Bonchev–Trinajstić information content (AvgIpc) is 2.51. The molecule has 120 valence electrons. The van der Waals surface area contributed by atoms with E-state index in [9.17, 15) is 0 Å². The fourth-order valence-electron chi connectivity index (χ4n) is 3.60. The first-order valence-electron chi connectivity index (χ1n) is 8.43. The van der Waals surface area contributed by atoms with Gasteiger partial charge in [0.15, 0.2) is 0 Å². The Balaban J connectivity index is 1.87. The Morgan fingerprint density at radius 1 is 1.14 bits per heavy atom. The average molecular weight is 319 g/mol. The van der Waals surface area contributed by atoms with Crippen LogP contribution in [-0.2, 0) is 0 Å². The molecule has 0 aromatic heterocycles. The van der Waals surface area contributed by atoms with Gasteiger partial charge in [0, 0.05) is 37.7 Å². The summed E-state index contributed by atoms with van der Waals surface area (Å²) in [5, 5.41) is 4.26. The van der Waals surface area contributed by atoms with Gasteiger partial charge in [-0.25, -0.2) is 0 Å². The molecular weight excluding hydrogens is 292 g/mol. The first kappa shape index (κ1) is 16.0. The van der Waals surface area contributed by atoms with Gasteiger partial charge in [-0.1, -0.05) is 43.2 Å². The van der Waals surface area contributed by atoms with Crippen molar-refractivity contribution in [2.45, 2.75) is 33.1 Å². The summed E-state index contributed by atoms with van der Waals surface area (Å²) in [5.41, 5.74) is 4.97. The lowest BCUT2D eigenvalue weighted by Crippen LogP contribution is -2.44. The molecule has 0 saturated carbocycles. The number of hydrogen-bond donors (Lipinski definition) is 1. The Kier molecular flexibility index (Phi) is 4.91. The van der Waals surface area contributed by atoms with Crippen molar-refractivity contribution >= 4 is 17.2 Å². The van der Waals surface area contributed by atoms with Crippen LogP contribution in [-0.4, -0.2) is 37.6 Å². The molecule has 1 N–H and O–H groups in total. The molecule has 0 spiro atoms. The monoisotopic (exact) mass is 318 g/mol. The summed E-state index contributed by atoms with van der Waals surface area (Å²) in [4.78, 5) is 2.60. The number of piperazine rings is 1. The number of rotatable bonds is 3. The minimum atomic E-state index is 0.405. The fourth-order valence-corrected chi connectivity index (χ4v) is 3.73. The Hall–Kier alpha value is -0.830. The van der Waals surface area contributed by atoms with Gasteiger partial charge in [0.25, 0.3) is 0 Å². The van der Waals surface area contributed by atoms with E-state index in [-0.39, 0.29) is 0 Å². The molecule has 3 heteroatoms. The van der Waals surface area contributed by atoms with Crippen LogP contribution in [0.25, 0.3) is 5.57 Å². The standard InChI is InChI=1S/C19H27ClN2/c1-19(2)8-7-16(14-22-11-9-21-10-12-22)18(13-19)15-3-5-17(20)6-4-15/h3-6,21H,7-14H2,1-2H3. The van der Waals surface area contributed by atoms with Crippen molar-refractivity contribution < 1.29 is 0 Å². The van der Waals surface area contributed by atoms with Gasteiger partial charge in [-0.3, -0.25) is 4.90 Å². The molecule has 0 radical (unpaired) electrons. The maximum atomic E-state index is 6.07. The van der Waals surface area contributed by atoms with Crippen molar-refractivity contribution in [3.63, 3.8) is 0 Å². The molecule has 1 fully saturated rings. The molecule has 0 unspecified atom stereocenters. The van der Waals surface area contributed by atoms with Crippen molar-refractivity contribution in [3.8, 4) is 0 Å². The van der Waals surface area contributed by atoms with E-state index in [2.05, 4.69) is 36.2 Å². The van der Waals surface area contributed by atoms with Crippen LogP contribution in [0.3, 0.4) is 0 Å². The number of benzene rings is 1. The molecule has 1 heterocycles. The van der Waals surface area contributed by atoms with E-state index >= 15 is 0 Å². The fraction of sp³-hybridized carbons (Fsp3) is 0.579. The molecule has 1 aliphatic carbocycles. The molecule has 0 atom stereocenters. The van der Waals surface area contributed by atoms with Crippen molar-refractivity contribution in [2.75, 3.05) is 32.7 Å². The van der Waals surface area contributed by atoms with E-state index in [1.54, 1.807) is 11.1 Å². The zero-order valence-electron chi connectivity index (χ0n) is 13.8. The molecule has 1 aromatic carbocycles. The lowest BCUT2D eigenvalue weighted by Gasteiger charge is -2.36. The SMILES string of the molecule is CC1(C)CCC(CN2CCNCC2)=C(c2ccc(Cl)cc2)C1. The van der Waals surface area contributed by atoms with Crippen molar-refractivity contribution in [1.29, 1.82) is 0 Å². The summed E-state index contributed by atoms with van der Waals surface area (Å²) >= 11 is 6.07. The Morgan fingerprint density at radius 3 is 2.50 bits per heavy atom. The quantitative estimate of drug-likeness (QED) is 0.898. The van der Waals surface area contributed by atoms with Crippen LogP contribution in [0.2, 0.25) is 5.02 Å². The van der Waals surface area contributed by atoms with Gasteiger partial charge in [-0.2, -0.15) is 0 Å². The highest BCUT2D eigenvalue weighted by atomic mass is 35.5. The van der Waals surface area contributed by atoms with E-state index in [1.807, 2.05) is 12.1 Å². The van der Waals surface area contributed by atoms with Crippen LogP contribution in [0.5, 0.6) is 0 Å². The van der Waals surface area contributed by atoms with Gasteiger partial charge < -0.3 is 5.32 Å². The maximum absolute atomic E-state index is 6.07. The summed E-state index contributed by atoms with van der Waals surface area (Å²) in [6, 6.07) is 8.43. The van der Waals surface area contributed by atoms with Gasteiger partial charge >= 0.3 is 0 Å². The highest BCUT2D eigenvalue weighted by molar-refractivity contribution is 6.30. The van der Waals surface area contributed by atoms with E-state index in [0.29, 0.717) is 5.41 Å².